The molecule has 0 spiro atoms. The molecular weight excluding hydrogens is 903 g/mol. The first-order chi connectivity index (χ1) is 32.6. The molecule has 2 saturated heterocycles. The van der Waals surface area contributed by atoms with Crippen LogP contribution in [-0.2, 0) is 49.5 Å². The molecule has 3 heterocycles. The summed E-state index contributed by atoms with van der Waals surface area (Å²) in [6.45, 7) is 15.1. The Morgan fingerprint density at radius 3 is 2.39 bits per heavy atom. The molecule has 16 nitrogen and oxygen atoms in total. The van der Waals surface area contributed by atoms with E-state index in [1.54, 1.807) is 51.5 Å². The number of carbonyl (C=O) groups excluding carboxylic acids is 6. The van der Waals surface area contributed by atoms with Crippen molar-refractivity contribution >= 4 is 46.9 Å². The second kappa shape index (κ2) is 23.3. The minimum atomic E-state index is -1.03. The third-order valence-corrected chi connectivity index (χ3v) is 14.9. The maximum Gasteiger partial charge on any atom is 0.311 e. The lowest BCUT2D eigenvalue weighted by Gasteiger charge is -2.44. The summed E-state index contributed by atoms with van der Waals surface area (Å²) in [5.41, 5.74) is 4.09. The molecule has 2 fully saturated rings. The molecule has 0 radical (unpaired) electrons. The van der Waals surface area contributed by atoms with Gasteiger partial charge in [0, 0.05) is 44.8 Å². The van der Waals surface area contributed by atoms with Gasteiger partial charge in [0.1, 0.15) is 30.9 Å². The Balaban J connectivity index is 0.921. The summed E-state index contributed by atoms with van der Waals surface area (Å²) in [7, 11) is 0. The Morgan fingerprint density at radius 2 is 1.71 bits per heavy atom. The third-order valence-electron chi connectivity index (χ3n) is 14.0. The Kier molecular flexibility index (Phi) is 18.0. The molecule has 1 aromatic carbocycles. The van der Waals surface area contributed by atoms with Gasteiger partial charge in [-0.3, -0.25) is 28.8 Å². The molecule has 2 aliphatic heterocycles. The number of aryl methyl sites for hydroxylation is 1. The van der Waals surface area contributed by atoms with Crippen molar-refractivity contribution in [1.29, 1.82) is 0 Å². The first kappa shape index (κ1) is 53.4. The summed E-state index contributed by atoms with van der Waals surface area (Å²) in [4.78, 5) is 86.1. The number of nitrogens with one attached hydrogen (secondary N) is 3. The second-order valence-corrected chi connectivity index (χ2v) is 22.1. The smallest absolute Gasteiger partial charge is 0.311 e. The van der Waals surface area contributed by atoms with Crippen molar-refractivity contribution in [2.24, 2.45) is 34.5 Å². The molecule has 0 bridgehead atoms. The van der Waals surface area contributed by atoms with Gasteiger partial charge in [-0.15, -0.1) is 11.3 Å². The number of amides is 4. The van der Waals surface area contributed by atoms with Crippen LogP contribution < -0.4 is 16.0 Å². The summed E-state index contributed by atoms with van der Waals surface area (Å²) >= 11 is 1.56. The molecular formula is C52H73N5O11S. The fourth-order valence-corrected chi connectivity index (χ4v) is 10.8. The number of benzene rings is 1. The quantitative estimate of drug-likeness (QED) is 0.0891. The van der Waals surface area contributed by atoms with Crippen LogP contribution in [-0.4, -0.2) is 118 Å². The van der Waals surface area contributed by atoms with Crippen LogP contribution in [0.2, 0.25) is 0 Å². The highest BCUT2D eigenvalue weighted by Crippen LogP contribution is 2.46. The number of aliphatic hydroxyl groups excluding tert-OH is 2. The van der Waals surface area contributed by atoms with Crippen LogP contribution in [0.25, 0.3) is 10.4 Å². The molecule has 6 rings (SSSR count). The molecule has 378 valence electrons. The van der Waals surface area contributed by atoms with Crippen LogP contribution in [0.4, 0.5) is 0 Å². The van der Waals surface area contributed by atoms with E-state index in [0.717, 1.165) is 33.7 Å². The fraction of sp³-hybridized carbons (Fsp3) is 0.635. The number of nitrogens with zero attached hydrogens (tertiary/aromatic N) is 2. The predicted octanol–water partition coefficient (Wildman–Crippen LogP) is 5.33. The number of allylic oxidation sites excluding steroid dienone is 3. The largest absolute Gasteiger partial charge is 0.462 e. The molecule has 10 atom stereocenters. The van der Waals surface area contributed by atoms with E-state index in [4.69, 9.17) is 14.2 Å². The number of hydrogen-bond donors (Lipinski definition) is 5. The van der Waals surface area contributed by atoms with Gasteiger partial charge >= 0.3 is 11.9 Å². The number of aliphatic hydroxyl groups is 2. The molecule has 4 amide bonds. The molecule has 1 aromatic heterocycles. The lowest BCUT2D eigenvalue weighted by Crippen LogP contribution is -2.58. The lowest BCUT2D eigenvalue weighted by molar-refractivity contribution is -0.166. The van der Waals surface area contributed by atoms with Crippen molar-refractivity contribution in [2.45, 2.75) is 150 Å². The highest BCUT2D eigenvalue weighted by Gasteiger charge is 2.46. The maximum absolute atomic E-state index is 14.0. The van der Waals surface area contributed by atoms with E-state index in [9.17, 15) is 39.0 Å². The van der Waals surface area contributed by atoms with Gasteiger partial charge in [-0.2, -0.15) is 0 Å². The average Bonchev–Trinajstić information content (AvgIpc) is 3.90. The molecule has 2 aromatic rings. The van der Waals surface area contributed by atoms with Gasteiger partial charge in [-0.1, -0.05) is 77.1 Å². The van der Waals surface area contributed by atoms with Crippen molar-refractivity contribution in [2.75, 3.05) is 26.3 Å². The minimum Gasteiger partial charge on any atom is -0.462 e. The SMILES string of the molecule is Cc1ncsc1-c1ccc(CNC(=O)[C@@H]2C[C@@H](O)CN2C(=O)C(NC(=O)COCCNC(=O)CCC(C)(C)C(=O)O[C@H]2C[C@@H](C)C=C3C=C[C@H](C)[C@H](CC[C@@H]4C[C@@H](O)CC(=O)O4)[C@H]32)C(C)(C)C)cc1. The Labute approximate surface area is 410 Å². The van der Waals surface area contributed by atoms with Crippen LogP contribution >= 0.6 is 11.3 Å². The molecule has 4 aliphatic rings. The van der Waals surface area contributed by atoms with Crippen LogP contribution in [0.5, 0.6) is 0 Å². The molecule has 5 N–H and O–H groups in total. The first-order valence-corrected chi connectivity index (χ1v) is 25.4. The van der Waals surface area contributed by atoms with Crippen molar-refractivity contribution in [3.05, 3.63) is 64.8 Å². The summed E-state index contributed by atoms with van der Waals surface area (Å²) in [5, 5.41) is 29.2. The Morgan fingerprint density at radius 1 is 0.971 bits per heavy atom. The summed E-state index contributed by atoms with van der Waals surface area (Å²) in [6.07, 6.45) is 7.11. The molecule has 69 heavy (non-hydrogen) atoms. The number of fused-ring (bicyclic) bond motifs is 1. The van der Waals surface area contributed by atoms with Crippen molar-refractivity contribution < 1.29 is 53.2 Å². The fourth-order valence-electron chi connectivity index (χ4n) is 9.96. The third kappa shape index (κ3) is 14.3. The molecule has 1 unspecified atom stereocenters. The van der Waals surface area contributed by atoms with Crippen molar-refractivity contribution in [3.8, 4) is 10.4 Å². The first-order valence-electron chi connectivity index (χ1n) is 24.5. The van der Waals surface area contributed by atoms with E-state index in [1.807, 2.05) is 31.2 Å². The zero-order valence-electron chi connectivity index (χ0n) is 41.5. The maximum atomic E-state index is 14.0. The van der Waals surface area contributed by atoms with Crippen molar-refractivity contribution in [1.82, 2.24) is 25.8 Å². The monoisotopic (exact) mass is 976 g/mol. The molecule has 2 aliphatic carbocycles. The van der Waals surface area contributed by atoms with E-state index >= 15 is 0 Å². The number of likely N-dealkylation sites (tertiary alicyclic amines) is 1. The van der Waals surface area contributed by atoms with Crippen LogP contribution in [0.3, 0.4) is 0 Å². The van der Waals surface area contributed by atoms with Gasteiger partial charge < -0.3 is 45.3 Å². The number of ether oxygens (including phenoxy) is 3. The normalized spacial score (nSPS) is 26.3. The molecule has 0 saturated carbocycles. The van der Waals surface area contributed by atoms with Gasteiger partial charge in [0.25, 0.3) is 0 Å². The number of hydrogen-bond acceptors (Lipinski definition) is 13. The lowest BCUT2D eigenvalue weighted by atomic mass is 9.65. The summed E-state index contributed by atoms with van der Waals surface area (Å²) < 4.78 is 17.5. The van der Waals surface area contributed by atoms with Gasteiger partial charge in [0.2, 0.25) is 23.6 Å². The van der Waals surface area contributed by atoms with Gasteiger partial charge in [-0.05, 0) is 86.3 Å². The van der Waals surface area contributed by atoms with E-state index in [1.165, 1.54) is 4.90 Å². The summed E-state index contributed by atoms with van der Waals surface area (Å²) in [6, 6.07) is 5.86. The predicted molar refractivity (Wildman–Crippen MR) is 260 cm³/mol. The van der Waals surface area contributed by atoms with E-state index < -0.39 is 52.8 Å². The Hall–Kier alpha value is -4.97. The topological polar surface area (TPSA) is 223 Å². The second-order valence-electron chi connectivity index (χ2n) is 21.2. The van der Waals surface area contributed by atoms with E-state index in [0.29, 0.717) is 19.3 Å². The molecule has 17 heteroatoms. The highest BCUT2D eigenvalue weighted by atomic mass is 32.1. The number of rotatable bonds is 19. The zero-order chi connectivity index (χ0) is 50.2. The van der Waals surface area contributed by atoms with E-state index in [-0.39, 0.29) is 112 Å². The van der Waals surface area contributed by atoms with Crippen molar-refractivity contribution in [3.63, 3.8) is 0 Å². The van der Waals surface area contributed by atoms with Gasteiger partial charge in [-0.25, -0.2) is 4.98 Å². The number of carbonyl (C=O) groups is 6. The number of thiazole rings is 1. The minimum absolute atomic E-state index is 0.0157. The number of β-amino-alcohol motifs (C(OH)–C–C–N with tert-alkyl or cyclic N) is 1. The summed E-state index contributed by atoms with van der Waals surface area (Å²) in [5.74, 6) is -1.96. The van der Waals surface area contributed by atoms with Crippen LogP contribution in [0.1, 0.15) is 111 Å². The van der Waals surface area contributed by atoms with Gasteiger partial charge in [0.15, 0.2) is 0 Å². The zero-order valence-corrected chi connectivity index (χ0v) is 42.3. The van der Waals surface area contributed by atoms with Crippen LogP contribution in [0, 0.1) is 41.4 Å². The highest BCUT2D eigenvalue weighted by molar-refractivity contribution is 7.13. The van der Waals surface area contributed by atoms with Crippen LogP contribution in [0.15, 0.2) is 53.6 Å². The number of cyclic esters (lactones) is 1. The van der Waals surface area contributed by atoms with E-state index in [2.05, 4.69) is 53.0 Å². The average molecular weight is 976 g/mol. The number of aromatic nitrogens is 1. The number of esters is 2. The Bertz CT molecular complexity index is 2220. The standard InChI is InChI=1S/C52H73N5O11S/c1-30-21-35-12-9-31(2)39(16-15-38-23-36(58)25-44(62)67-38)45(35)41(22-30)68-50(65)52(7,8)18-17-42(60)53-19-20-66-28-43(61)56-47(51(4,5)6)49(64)57-27-37(59)24-40(57)48(63)54-26-33-10-13-34(14-11-33)46-32(3)55-29-69-46/h9-14,21,29-31,36-41,45,47,58-59H,15-20,22-28H2,1-8H3,(H,53,60)(H,54,63)(H,56,61)/t30-,31-,36+,37+,38+,39-,40-,41-,45-,47?/m0/s1. The van der Waals surface area contributed by atoms with Gasteiger partial charge in [0.05, 0.1) is 46.7 Å².